The Labute approximate surface area is 109 Å². The second-order valence-corrected chi connectivity index (χ2v) is 4.39. The van der Waals surface area contributed by atoms with Crippen molar-refractivity contribution in [3.05, 3.63) is 58.4 Å². The first-order valence-electron chi connectivity index (χ1n) is 5.28. The molecule has 0 amide bonds. The molecule has 0 unspecified atom stereocenters. The van der Waals surface area contributed by atoms with Gasteiger partial charge in [-0.15, -0.1) is 0 Å². The van der Waals surface area contributed by atoms with Crippen molar-refractivity contribution in [2.75, 3.05) is 0 Å². The summed E-state index contributed by atoms with van der Waals surface area (Å²) >= 11 is 5.86. The lowest BCUT2D eigenvalue weighted by molar-refractivity contribution is 0.0697. The average Bonchev–Trinajstić information content (AvgIpc) is 2.29. The molecule has 0 heterocycles. The van der Waals surface area contributed by atoms with E-state index in [4.69, 9.17) is 16.7 Å². The maximum Gasteiger partial charge on any atom is 0.336 e. The Morgan fingerprint density at radius 2 is 1.83 bits per heavy atom. The van der Waals surface area contributed by atoms with Crippen molar-refractivity contribution >= 4 is 17.6 Å². The molecule has 0 radical (unpaired) electrons. The van der Waals surface area contributed by atoms with Gasteiger partial charge in [0, 0.05) is 5.02 Å². The number of aryl methyl sites for hydroxylation is 1. The molecule has 0 atom stereocenters. The summed E-state index contributed by atoms with van der Waals surface area (Å²) < 4.78 is 13.1. The molecular weight excluding hydrogens is 255 g/mol. The number of carboxylic acids is 1. The van der Waals surface area contributed by atoms with Gasteiger partial charge in [0.1, 0.15) is 5.82 Å². The van der Waals surface area contributed by atoms with Crippen LogP contribution in [0, 0.1) is 12.7 Å². The molecule has 2 aromatic carbocycles. The third-order valence-electron chi connectivity index (χ3n) is 2.69. The largest absolute Gasteiger partial charge is 0.478 e. The van der Waals surface area contributed by atoms with Crippen molar-refractivity contribution in [3.63, 3.8) is 0 Å². The van der Waals surface area contributed by atoms with Crippen LogP contribution in [0.1, 0.15) is 15.9 Å². The summed E-state index contributed by atoms with van der Waals surface area (Å²) in [6, 6.07) is 8.89. The number of halogens is 2. The van der Waals surface area contributed by atoms with E-state index in [0.717, 1.165) is 17.2 Å². The van der Waals surface area contributed by atoms with Crippen LogP contribution in [0.25, 0.3) is 11.1 Å². The van der Waals surface area contributed by atoms with Crippen molar-refractivity contribution in [3.8, 4) is 11.1 Å². The molecule has 0 saturated carbocycles. The summed E-state index contributed by atoms with van der Waals surface area (Å²) in [7, 11) is 0. The first-order chi connectivity index (χ1) is 8.49. The average molecular weight is 265 g/mol. The van der Waals surface area contributed by atoms with Gasteiger partial charge >= 0.3 is 5.97 Å². The molecule has 18 heavy (non-hydrogen) atoms. The van der Waals surface area contributed by atoms with Crippen molar-refractivity contribution in [1.82, 2.24) is 0 Å². The highest BCUT2D eigenvalue weighted by Crippen LogP contribution is 2.29. The van der Waals surface area contributed by atoms with Crippen LogP contribution < -0.4 is 0 Å². The fourth-order valence-corrected chi connectivity index (χ4v) is 2.08. The molecule has 0 aliphatic carbocycles. The van der Waals surface area contributed by atoms with Gasteiger partial charge in [-0.3, -0.25) is 0 Å². The maximum atomic E-state index is 13.1. The normalized spacial score (nSPS) is 10.4. The van der Waals surface area contributed by atoms with Gasteiger partial charge in [-0.2, -0.15) is 0 Å². The van der Waals surface area contributed by atoms with Gasteiger partial charge in [0.25, 0.3) is 0 Å². The first kappa shape index (κ1) is 12.6. The zero-order valence-corrected chi connectivity index (χ0v) is 10.3. The summed E-state index contributed by atoms with van der Waals surface area (Å²) in [6.07, 6.45) is 0. The molecule has 0 fully saturated rings. The molecule has 0 aromatic heterocycles. The van der Waals surface area contributed by atoms with Crippen LogP contribution in [0.3, 0.4) is 0 Å². The van der Waals surface area contributed by atoms with E-state index in [2.05, 4.69) is 0 Å². The van der Waals surface area contributed by atoms with Gasteiger partial charge in [-0.05, 0) is 47.9 Å². The van der Waals surface area contributed by atoms with E-state index in [1.165, 1.54) is 12.1 Å². The van der Waals surface area contributed by atoms with Crippen molar-refractivity contribution < 1.29 is 14.3 Å². The molecule has 4 heteroatoms. The van der Waals surface area contributed by atoms with Crippen LogP contribution in [-0.4, -0.2) is 11.1 Å². The highest BCUT2D eigenvalue weighted by Gasteiger charge is 2.14. The lowest BCUT2D eigenvalue weighted by Crippen LogP contribution is -2.01. The van der Waals surface area contributed by atoms with Crippen LogP contribution in [0.15, 0.2) is 36.4 Å². The van der Waals surface area contributed by atoms with Gasteiger partial charge in [0.15, 0.2) is 0 Å². The number of carbonyl (C=O) groups is 1. The van der Waals surface area contributed by atoms with E-state index >= 15 is 0 Å². The van der Waals surface area contributed by atoms with Crippen LogP contribution in [0.2, 0.25) is 5.02 Å². The number of benzene rings is 2. The number of aromatic carboxylic acids is 1. The summed E-state index contributed by atoms with van der Waals surface area (Å²) in [5.74, 6) is -1.72. The molecule has 0 aliphatic rings. The molecule has 92 valence electrons. The Morgan fingerprint density at radius 3 is 2.44 bits per heavy atom. The number of hydrogen-bond acceptors (Lipinski definition) is 1. The monoisotopic (exact) mass is 264 g/mol. The number of hydrogen-bond donors (Lipinski definition) is 1. The maximum absolute atomic E-state index is 13.1. The molecule has 2 nitrogen and oxygen atoms in total. The zero-order valence-electron chi connectivity index (χ0n) is 9.58. The summed E-state index contributed by atoms with van der Waals surface area (Å²) in [5.41, 5.74) is 2.01. The van der Waals surface area contributed by atoms with Gasteiger partial charge in [-0.1, -0.05) is 23.7 Å². The first-order valence-corrected chi connectivity index (χ1v) is 5.66. The van der Waals surface area contributed by atoms with Gasteiger partial charge in [-0.25, -0.2) is 9.18 Å². The smallest absolute Gasteiger partial charge is 0.336 e. The minimum absolute atomic E-state index is 0.0552. The molecule has 2 rings (SSSR count). The Hall–Kier alpha value is -1.87. The van der Waals surface area contributed by atoms with Crippen LogP contribution in [0.4, 0.5) is 4.39 Å². The lowest BCUT2D eigenvalue weighted by atomic mass is 9.96. The fraction of sp³-hybridized carbons (Fsp3) is 0.0714. The van der Waals surface area contributed by atoms with E-state index < -0.39 is 11.8 Å². The Balaban J connectivity index is 2.67. The number of carboxylic acid groups (broad SMARTS) is 1. The predicted octanol–water partition coefficient (Wildman–Crippen LogP) is 4.15. The Bertz CT molecular complexity index is 623. The SMILES string of the molecule is Cc1cc(Cl)ccc1-c1ccc(F)cc1C(=O)O. The Morgan fingerprint density at radius 1 is 1.17 bits per heavy atom. The van der Waals surface area contributed by atoms with Crippen LogP contribution >= 0.6 is 11.6 Å². The standard InChI is InChI=1S/C14H10ClFO2/c1-8-6-9(15)2-4-11(8)12-5-3-10(16)7-13(12)14(17)18/h2-7H,1H3,(H,17,18). The molecule has 0 spiro atoms. The second kappa shape index (κ2) is 4.78. The van der Waals surface area contributed by atoms with E-state index in [-0.39, 0.29) is 5.56 Å². The summed E-state index contributed by atoms with van der Waals surface area (Å²) in [6.45, 7) is 1.83. The second-order valence-electron chi connectivity index (χ2n) is 3.95. The molecule has 0 aliphatic heterocycles. The van der Waals surface area contributed by atoms with Crippen molar-refractivity contribution in [1.29, 1.82) is 0 Å². The lowest BCUT2D eigenvalue weighted by Gasteiger charge is -2.10. The van der Waals surface area contributed by atoms with Gasteiger partial charge in [0.05, 0.1) is 5.56 Å². The van der Waals surface area contributed by atoms with Crippen molar-refractivity contribution in [2.24, 2.45) is 0 Å². The topological polar surface area (TPSA) is 37.3 Å². The fourth-order valence-electron chi connectivity index (χ4n) is 1.86. The van der Waals surface area contributed by atoms with Crippen molar-refractivity contribution in [2.45, 2.75) is 6.92 Å². The molecule has 1 N–H and O–H groups in total. The molecular formula is C14H10ClFO2. The minimum Gasteiger partial charge on any atom is -0.478 e. The van der Waals surface area contributed by atoms with E-state index in [1.54, 1.807) is 18.2 Å². The molecule has 0 bridgehead atoms. The minimum atomic E-state index is -1.15. The van der Waals surface area contributed by atoms with Crippen LogP contribution in [-0.2, 0) is 0 Å². The van der Waals surface area contributed by atoms with E-state index in [1.807, 2.05) is 6.92 Å². The van der Waals surface area contributed by atoms with E-state index in [0.29, 0.717) is 10.6 Å². The molecule has 0 saturated heterocycles. The quantitative estimate of drug-likeness (QED) is 0.885. The van der Waals surface area contributed by atoms with E-state index in [9.17, 15) is 9.18 Å². The third kappa shape index (κ3) is 2.36. The highest BCUT2D eigenvalue weighted by molar-refractivity contribution is 6.30. The predicted molar refractivity (Wildman–Crippen MR) is 68.5 cm³/mol. The summed E-state index contributed by atoms with van der Waals surface area (Å²) in [5, 5.41) is 9.68. The van der Waals surface area contributed by atoms with Gasteiger partial charge < -0.3 is 5.11 Å². The van der Waals surface area contributed by atoms with Gasteiger partial charge in [0.2, 0.25) is 0 Å². The van der Waals surface area contributed by atoms with Crippen LogP contribution in [0.5, 0.6) is 0 Å². The Kier molecular flexibility index (Phi) is 3.34. The highest BCUT2D eigenvalue weighted by atomic mass is 35.5. The number of rotatable bonds is 2. The zero-order chi connectivity index (χ0) is 13.3. The third-order valence-corrected chi connectivity index (χ3v) is 2.93. The summed E-state index contributed by atoms with van der Waals surface area (Å²) in [4.78, 5) is 11.1. The molecule has 2 aromatic rings.